The monoisotopic (exact) mass is 273 g/mol. The van der Waals surface area contributed by atoms with E-state index in [4.69, 9.17) is 4.74 Å². The van der Waals surface area contributed by atoms with Crippen LogP contribution >= 0.6 is 0 Å². The van der Waals surface area contributed by atoms with Gasteiger partial charge in [0.15, 0.2) is 0 Å². The fraction of sp³-hybridized carbons (Fsp3) is 1.00. The van der Waals surface area contributed by atoms with Crippen molar-refractivity contribution in [2.45, 2.75) is 39.8 Å². The normalized spacial score (nSPS) is 14.1. The van der Waals surface area contributed by atoms with Crippen molar-refractivity contribution in [2.24, 2.45) is 5.92 Å². The average molecular weight is 273 g/mol. The molecule has 19 heavy (non-hydrogen) atoms. The molecule has 0 spiro atoms. The van der Waals surface area contributed by atoms with E-state index < -0.39 is 0 Å². The summed E-state index contributed by atoms with van der Waals surface area (Å²) in [7, 11) is 6.05. The number of hydrogen-bond acceptors (Lipinski definition) is 4. The van der Waals surface area contributed by atoms with Crippen LogP contribution in [0.25, 0.3) is 0 Å². The maximum absolute atomic E-state index is 5.41. The molecule has 4 heteroatoms. The lowest BCUT2D eigenvalue weighted by Crippen LogP contribution is -2.49. The highest BCUT2D eigenvalue weighted by Gasteiger charge is 2.19. The standard InChI is InChI=1S/C15H35N3O/c1-13(2)11-18(9-8-17(5)6)15(12-19-7)10-16-14(3)4/h13-16H,8-12H2,1-7H3. The summed E-state index contributed by atoms with van der Waals surface area (Å²) in [4.78, 5) is 4.80. The summed E-state index contributed by atoms with van der Waals surface area (Å²) in [5, 5.41) is 3.54. The molecule has 0 aromatic carbocycles. The lowest BCUT2D eigenvalue weighted by atomic mass is 10.1. The summed E-state index contributed by atoms with van der Waals surface area (Å²) in [5.41, 5.74) is 0. The Bertz CT molecular complexity index is 208. The van der Waals surface area contributed by atoms with Crippen LogP contribution in [-0.2, 0) is 4.74 Å². The van der Waals surface area contributed by atoms with Gasteiger partial charge in [0.25, 0.3) is 0 Å². The van der Waals surface area contributed by atoms with Crippen LogP contribution in [-0.4, -0.2) is 75.9 Å². The topological polar surface area (TPSA) is 27.7 Å². The molecule has 0 aromatic heterocycles. The van der Waals surface area contributed by atoms with Gasteiger partial charge in [0, 0.05) is 45.4 Å². The first-order valence-electron chi connectivity index (χ1n) is 7.47. The molecular weight excluding hydrogens is 238 g/mol. The Morgan fingerprint density at radius 2 is 1.68 bits per heavy atom. The second kappa shape index (κ2) is 10.6. The van der Waals surface area contributed by atoms with Gasteiger partial charge in [-0.25, -0.2) is 0 Å². The van der Waals surface area contributed by atoms with Crippen molar-refractivity contribution in [1.29, 1.82) is 0 Å². The Kier molecular flexibility index (Phi) is 10.5. The summed E-state index contributed by atoms with van der Waals surface area (Å²) in [6, 6.07) is 0.976. The number of hydrogen-bond donors (Lipinski definition) is 1. The molecule has 0 aliphatic heterocycles. The Morgan fingerprint density at radius 1 is 1.05 bits per heavy atom. The number of nitrogens with one attached hydrogen (secondary N) is 1. The minimum atomic E-state index is 0.453. The molecule has 0 aliphatic carbocycles. The van der Waals surface area contributed by atoms with Gasteiger partial charge in [0.1, 0.15) is 0 Å². The Labute approximate surface area is 120 Å². The van der Waals surface area contributed by atoms with E-state index in [-0.39, 0.29) is 0 Å². The molecule has 0 heterocycles. The highest BCUT2D eigenvalue weighted by Crippen LogP contribution is 2.06. The Hall–Kier alpha value is -0.160. The van der Waals surface area contributed by atoms with Crippen molar-refractivity contribution in [2.75, 3.05) is 54.0 Å². The van der Waals surface area contributed by atoms with Gasteiger partial charge in [0.2, 0.25) is 0 Å². The fourth-order valence-electron chi connectivity index (χ4n) is 2.08. The van der Waals surface area contributed by atoms with Crippen LogP contribution in [0.1, 0.15) is 27.7 Å². The van der Waals surface area contributed by atoms with Crippen LogP contribution in [0.15, 0.2) is 0 Å². The van der Waals surface area contributed by atoms with Crippen LogP contribution in [0.5, 0.6) is 0 Å². The minimum absolute atomic E-state index is 0.453. The van der Waals surface area contributed by atoms with Gasteiger partial charge < -0.3 is 15.0 Å². The average Bonchev–Trinajstić information content (AvgIpc) is 2.29. The number of methoxy groups -OCH3 is 1. The van der Waals surface area contributed by atoms with Crippen LogP contribution in [0.3, 0.4) is 0 Å². The quantitative estimate of drug-likeness (QED) is 0.618. The van der Waals surface area contributed by atoms with Crippen LogP contribution in [0, 0.1) is 5.92 Å². The van der Waals surface area contributed by atoms with Crippen LogP contribution in [0.2, 0.25) is 0 Å². The van der Waals surface area contributed by atoms with Gasteiger partial charge in [-0.3, -0.25) is 4.90 Å². The predicted octanol–water partition coefficient (Wildman–Crippen LogP) is 1.52. The van der Waals surface area contributed by atoms with E-state index >= 15 is 0 Å². The van der Waals surface area contributed by atoms with Crippen LogP contribution < -0.4 is 5.32 Å². The van der Waals surface area contributed by atoms with E-state index in [1.807, 2.05) is 0 Å². The van der Waals surface area contributed by atoms with E-state index in [0.717, 1.165) is 32.8 Å². The molecule has 116 valence electrons. The molecule has 0 fully saturated rings. The third-order valence-electron chi connectivity index (χ3n) is 3.07. The molecule has 1 unspecified atom stereocenters. The van der Waals surface area contributed by atoms with Crippen molar-refractivity contribution in [3.8, 4) is 0 Å². The molecule has 0 saturated heterocycles. The second-order valence-electron chi connectivity index (χ2n) is 6.36. The summed E-state index contributed by atoms with van der Waals surface area (Å²) in [6.07, 6.45) is 0. The zero-order valence-electron chi connectivity index (χ0n) is 14.1. The summed E-state index contributed by atoms with van der Waals surface area (Å²) in [5.74, 6) is 0.681. The maximum atomic E-state index is 5.41. The molecule has 4 nitrogen and oxygen atoms in total. The predicted molar refractivity (Wildman–Crippen MR) is 83.8 cm³/mol. The molecule has 0 saturated carbocycles. The first-order chi connectivity index (χ1) is 8.86. The van der Waals surface area contributed by atoms with Crippen molar-refractivity contribution in [3.63, 3.8) is 0 Å². The summed E-state index contributed by atoms with van der Waals surface area (Å²) >= 11 is 0. The highest BCUT2D eigenvalue weighted by molar-refractivity contribution is 4.76. The Morgan fingerprint density at radius 3 is 2.11 bits per heavy atom. The third kappa shape index (κ3) is 10.3. The molecule has 0 radical (unpaired) electrons. The van der Waals surface area contributed by atoms with Gasteiger partial charge in [-0.05, 0) is 20.0 Å². The lowest BCUT2D eigenvalue weighted by Gasteiger charge is -2.34. The zero-order valence-corrected chi connectivity index (χ0v) is 14.1. The maximum Gasteiger partial charge on any atom is 0.0630 e. The highest BCUT2D eigenvalue weighted by atomic mass is 16.5. The van der Waals surface area contributed by atoms with Gasteiger partial charge in [-0.1, -0.05) is 27.7 Å². The number of likely N-dealkylation sites (N-methyl/N-ethyl adjacent to an activating group) is 1. The number of nitrogens with zero attached hydrogens (tertiary/aromatic N) is 2. The largest absolute Gasteiger partial charge is 0.383 e. The van der Waals surface area contributed by atoms with E-state index in [2.05, 4.69) is 56.9 Å². The van der Waals surface area contributed by atoms with Gasteiger partial charge in [-0.2, -0.15) is 0 Å². The summed E-state index contributed by atoms with van der Waals surface area (Å²) in [6.45, 7) is 14.0. The van der Waals surface area contributed by atoms with Gasteiger partial charge >= 0.3 is 0 Å². The molecule has 0 bridgehead atoms. The molecular formula is C15H35N3O. The van der Waals surface area contributed by atoms with Crippen molar-refractivity contribution >= 4 is 0 Å². The van der Waals surface area contributed by atoms with E-state index in [1.54, 1.807) is 7.11 Å². The first-order valence-corrected chi connectivity index (χ1v) is 7.47. The third-order valence-corrected chi connectivity index (χ3v) is 3.07. The molecule has 1 atom stereocenters. The van der Waals surface area contributed by atoms with Crippen molar-refractivity contribution < 1.29 is 4.74 Å². The molecule has 0 aromatic rings. The van der Waals surface area contributed by atoms with Crippen LogP contribution in [0.4, 0.5) is 0 Å². The lowest BCUT2D eigenvalue weighted by molar-refractivity contribution is 0.0757. The molecule has 1 N–H and O–H groups in total. The van der Waals surface area contributed by atoms with E-state index in [1.165, 1.54) is 0 Å². The van der Waals surface area contributed by atoms with Crippen molar-refractivity contribution in [3.05, 3.63) is 0 Å². The molecule has 0 amide bonds. The first kappa shape index (κ1) is 18.8. The smallest absolute Gasteiger partial charge is 0.0630 e. The SMILES string of the molecule is COCC(CNC(C)C)N(CCN(C)C)CC(C)C. The zero-order chi connectivity index (χ0) is 14.8. The van der Waals surface area contributed by atoms with Gasteiger partial charge in [0.05, 0.1) is 6.61 Å². The fourth-order valence-corrected chi connectivity index (χ4v) is 2.08. The van der Waals surface area contributed by atoms with Crippen molar-refractivity contribution in [1.82, 2.24) is 15.1 Å². The Balaban J connectivity index is 4.50. The number of ether oxygens (including phenoxy) is 1. The molecule has 0 rings (SSSR count). The van der Waals surface area contributed by atoms with Gasteiger partial charge in [-0.15, -0.1) is 0 Å². The van der Waals surface area contributed by atoms with E-state index in [0.29, 0.717) is 18.0 Å². The minimum Gasteiger partial charge on any atom is -0.383 e. The number of rotatable bonds is 11. The van der Waals surface area contributed by atoms with E-state index in [9.17, 15) is 0 Å². The molecule has 0 aliphatic rings. The summed E-state index contributed by atoms with van der Waals surface area (Å²) < 4.78 is 5.41. The second-order valence-corrected chi connectivity index (χ2v) is 6.36.